The van der Waals surface area contributed by atoms with Crippen molar-refractivity contribution in [1.82, 2.24) is 5.32 Å². The van der Waals surface area contributed by atoms with Crippen molar-refractivity contribution >= 4 is 10.8 Å². The molecule has 0 spiro atoms. The fourth-order valence-electron chi connectivity index (χ4n) is 2.24. The lowest BCUT2D eigenvalue weighted by atomic mass is 9.98. The first-order valence-electron chi connectivity index (χ1n) is 7.69. The van der Waals surface area contributed by atoms with Gasteiger partial charge in [0, 0.05) is 23.9 Å². The molecule has 2 aromatic carbocycles. The molecule has 0 atom stereocenters. The maximum Gasteiger partial charge on any atom is 0.165 e. The van der Waals surface area contributed by atoms with Crippen molar-refractivity contribution in [3.05, 3.63) is 48.0 Å². The zero-order valence-corrected chi connectivity index (χ0v) is 13.9. The first-order valence-corrected chi connectivity index (χ1v) is 7.69. The van der Waals surface area contributed by atoms with E-state index in [4.69, 9.17) is 0 Å². The third-order valence-electron chi connectivity index (χ3n) is 3.31. The van der Waals surface area contributed by atoms with Crippen molar-refractivity contribution in [1.29, 1.82) is 0 Å². The molecule has 0 saturated carbocycles. The molecule has 0 radical (unpaired) electrons. The standard InChI is InChI=1S/C20H23NO2/c1-20(2,3)12-5-4-6-13-21-14-16-9-7-8-15-10-11-17(22)19(23)18(15)16/h4,6-11,21-23H,13-14H2,1-3H3/b6-4+. The fourth-order valence-corrected chi connectivity index (χ4v) is 2.24. The second-order valence-corrected chi connectivity index (χ2v) is 6.50. The molecule has 0 aliphatic rings. The third kappa shape index (κ3) is 4.77. The number of rotatable bonds is 4. The summed E-state index contributed by atoms with van der Waals surface area (Å²) in [5, 5.41) is 24.6. The van der Waals surface area contributed by atoms with E-state index in [9.17, 15) is 10.2 Å². The average molecular weight is 309 g/mol. The number of phenolic OH excluding ortho intramolecular Hbond substituents is 2. The number of aromatic hydroxyl groups is 2. The van der Waals surface area contributed by atoms with E-state index in [1.54, 1.807) is 6.07 Å². The van der Waals surface area contributed by atoms with Gasteiger partial charge in [0.15, 0.2) is 11.5 Å². The van der Waals surface area contributed by atoms with Crippen LogP contribution in [0.5, 0.6) is 11.5 Å². The number of phenols is 2. The van der Waals surface area contributed by atoms with Gasteiger partial charge in [-0.1, -0.05) is 42.2 Å². The zero-order chi connectivity index (χ0) is 16.9. The number of hydrogen-bond donors (Lipinski definition) is 3. The van der Waals surface area contributed by atoms with E-state index in [0.29, 0.717) is 18.5 Å². The van der Waals surface area contributed by atoms with Crippen molar-refractivity contribution in [3.8, 4) is 23.3 Å². The van der Waals surface area contributed by atoms with Crippen LogP contribution < -0.4 is 5.32 Å². The zero-order valence-electron chi connectivity index (χ0n) is 13.9. The third-order valence-corrected chi connectivity index (χ3v) is 3.31. The van der Waals surface area contributed by atoms with Gasteiger partial charge in [-0.05, 0) is 43.9 Å². The lowest BCUT2D eigenvalue weighted by Gasteiger charge is -2.09. The van der Waals surface area contributed by atoms with Crippen LogP contribution in [0.15, 0.2) is 42.5 Å². The fraction of sp³-hybridized carbons (Fsp3) is 0.300. The Morgan fingerprint density at radius 2 is 1.91 bits per heavy atom. The summed E-state index contributed by atoms with van der Waals surface area (Å²) < 4.78 is 0. The van der Waals surface area contributed by atoms with Gasteiger partial charge < -0.3 is 15.5 Å². The molecule has 0 aromatic heterocycles. The Morgan fingerprint density at radius 3 is 2.65 bits per heavy atom. The van der Waals surface area contributed by atoms with Crippen LogP contribution in [0.25, 0.3) is 10.8 Å². The molecule has 0 saturated heterocycles. The lowest BCUT2D eigenvalue weighted by Crippen LogP contribution is -2.13. The first kappa shape index (κ1) is 16.9. The summed E-state index contributed by atoms with van der Waals surface area (Å²) in [7, 11) is 0. The van der Waals surface area contributed by atoms with Crippen molar-refractivity contribution in [2.24, 2.45) is 5.41 Å². The van der Waals surface area contributed by atoms with E-state index in [2.05, 4.69) is 37.9 Å². The van der Waals surface area contributed by atoms with E-state index in [-0.39, 0.29) is 16.9 Å². The van der Waals surface area contributed by atoms with Crippen LogP contribution in [0.3, 0.4) is 0 Å². The molecule has 3 nitrogen and oxygen atoms in total. The summed E-state index contributed by atoms with van der Waals surface area (Å²) in [6.45, 7) is 7.53. The molecule has 2 aromatic rings. The maximum atomic E-state index is 10.1. The van der Waals surface area contributed by atoms with E-state index in [1.165, 1.54) is 6.07 Å². The minimum Gasteiger partial charge on any atom is -0.504 e. The van der Waals surface area contributed by atoms with E-state index < -0.39 is 0 Å². The van der Waals surface area contributed by atoms with Gasteiger partial charge in [0.25, 0.3) is 0 Å². The Hall–Kier alpha value is -2.44. The highest BCUT2D eigenvalue weighted by atomic mass is 16.3. The van der Waals surface area contributed by atoms with Crippen molar-refractivity contribution < 1.29 is 10.2 Å². The molecular weight excluding hydrogens is 286 g/mol. The van der Waals surface area contributed by atoms with Crippen molar-refractivity contribution in [2.45, 2.75) is 27.3 Å². The van der Waals surface area contributed by atoms with Crippen LogP contribution in [0.4, 0.5) is 0 Å². The Kier molecular flexibility index (Phi) is 5.31. The molecule has 23 heavy (non-hydrogen) atoms. The van der Waals surface area contributed by atoms with Gasteiger partial charge in [0.2, 0.25) is 0 Å². The molecular formula is C20H23NO2. The molecule has 0 unspecified atom stereocenters. The molecule has 120 valence electrons. The van der Waals surface area contributed by atoms with Gasteiger partial charge in [-0.3, -0.25) is 0 Å². The van der Waals surface area contributed by atoms with Crippen LogP contribution in [0.2, 0.25) is 0 Å². The minimum atomic E-state index is -0.0951. The first-order chi connectivity index (χ1) is 10.9. The number of fused-ring (bicyclic) bond motifs is 1. The Labute approximate surface area is 137 Å². The highest BCUT2D eigenvalue weighted by molar-refractivity contribution is 5.93. The van der Waals surface area contributed by atoms with Gasteiger partial charge in [-0.15, -0.1) is 0 Å². The maximum absolute atomic E-state index is 10.1. The normalized spacial score (nSPS) is 11.6. The number of nitrogens with one attached hydrogen (secondary N) is 1. The summed E-state index contributed by atoms with van der Waals surface area (Å²) >= 11 is 0. The Morgan fingerprint density at radius 1 is 1.13 bits per heavy atom. The molecule has 0 amide bonds. The SMILES string of the molecule is CC(C)(C)C#C/C=C/CNCc1cccc2ccc(O)c(O)c12. The Balaban J connectivity index is 2.02. The summed E-state index contributed by atoms with van der Waals surface area (Å²) in [6.07, 6.45) is 3.83. The highest BCUT2D eigenvalue weighted by Crippen LogP contribution is 2.35. The lowest BCUT2D eigenvalue weighted by molar-refractivity contribution is 0.408. The predicted molar refractivity (Wildman–Crippen MR) is 95.4 cm³/mol. The number of hydrogen-bond acceptors (Lipinski definition) is 3. The largest absolute Gasteiger partial charge is 0.504 e. The summed E-state index contributed by atoms with van der Waals surface area (Å²) in [6, 6.07) is 9.11. The second-order valence-electron chi connectivity index (χ2n) is 6.50. The van der Waals surface area contributed by atoms with Gasteiger partial charge in [-0.2, -0.15) is 0 Å². The minimum absolute atomic E-state index is 0.0141. The van der Waals surface area contributed by atoms with E-state index >= 15 is 0 Å². The van der Waals surface area contributed by atoms with Gasteiger partial charge in [-0.25, -0.2) is 0 Å². The van der Waals surface area contributed by atoms with Crippen molar-refractivity contribution in [3.63, 3.8) is 0 Å². The highest BCUT2D eigenvalue weighted by Gasteiger charge is 2.09. The van der Waals surface area contributed by atoms with Gasteiger partial charge in [0.05, 0.1) is 0 Å². The van der Waals surface area contributed by atoms with Crippen LogP contribution in [0, 0.1) is 17.3 Å². The predicted octanol–water partition coefficient (Wildman–Crippen LogP) is 3.95. The molecule has 0 heterocycles. The average Bonchev–Trinajstić information content (AvgIpc) is 2.49. The monoisotopic (exact) mass is 309 g/mol. The van der Waals surface area contributed by atoms with Gasteiger partial charge in [0.1, 0.15) is 0 Å². The Bertz CT molecular complexity index is 774. The van der Waals surface area contributed by atoms with E-state index in [0.717, 1.165) is 10.9 Å². The topological polar surface area (TPSA) is 52.5 Å². The quantitative estimate of drug-likeness (QED) is 0.455. The van der Waals surface area contributed by atoms with Crippen LogP contribution in [0.1, 0.15) is 26.3 Å². The molecule has 0 aliphatic heterocycles. The second kappa shape index (κ2) is 7.21. The summed E-state index contributed by atoms with van der Waals surface area (Å²) in [5.41, 5.74) is 0.963. The summed E-state index contributed by atoms with van der Waals surface area (Å²) in [4.78, 5) is 0. The van der Waals surface area contributed by atoms with Gasteiger partial charge >= 0.3 is 0 Å². The molecule has 0 fully saturated rings. The number of benzene rings is 2. The van der Waals surface area contributed by atoms with Crippen LogP contribution in [-0.2, 0) is 6.54 Å². The van der Waals surface area contributed by atoms with E-state index in [1.807, 2.05) is 30.4 Å². The summed E-state index contributed by atoms with van der Waals surface area (Å²) in [5.74, 6) is 6.01. The van der Waals surface area contributed by atoms with Crippen LogP contribution >= 0.6 is 0 Å². The van der Waals surface area contributed by atoms with Crippen molar-refractivity contribution in [2.75, 3.05) is 6.54 Å². The molecule has 2 rings (SSSR count). The molecule has 0 bridgehead atoms. The molecule has 3 N–H and O–H groups in total. The smallest absolute Gasteiger partial charge is 0.165 e. The number of allylic oxidation sites excluding steroid dienone is 1. The van der Waals surface area contributed by atoms with Crippen LogP contribution in [-0.4, -0.2) is 16.8 Å². The molecule has 0 aliphatic carbocycles. The molecule has 3 heteroatoms.